The molecule has 1 aromatic rings. The Morgan fingerprint density at radius 1 is 1.67 bits per heavy atom. The average molecular weight is 165 g/mol. The van der Waals surface area contributed by atoms with Gasteiger partial charge < -0.3 is 10.3 Å². The van der Waals surface area contributed by atoms with Crippen LogP contribution in [0.2, 0.25) is 0 Å². The van der Waals surface area contributed by atoms with Crippen LogP contribution in [0.5, 0.6) is 0 Å². The molecule has 0 radical (unpaired) electrons. The van der Waals surface area contributed by atoms with Gasteiger partial charge in [0.2, 0.25) is 0 Å². The third-order valence-electron chi connectivity index (χ3n) is 1.98. The molecule has 12 heavy (non-hydrogen) atoms. The zero-order chi connectivity index (χ0) is 8.55. The van der Waals surface area contributed by atoms with Crippen LogP contribution >= 0.6 is 0 Å². The molecule has 2 N–H and O–H groups in total. The van der Waals surface area contributed by atoms with Crippen LogP contribution in [-0.4, -0.2) is 17.0 Å². The minimum atomic E-state index is -0.0729. The first-order valence-corrected chi connectivity index (χ1v) is 4.08. The standard InChI is InChI=1S/C8H11N3O/c1-9-6-4-7(12)11-8(10-6)5-2-3-5/h4-5H,2-3H2,1H3,(H2,9,10,11,12). The van der Waals surface area contributed by atoms with E-state index < -0.39 is 0 Å². The molecule has 0 bridgehead atoms. The van der Waals surface area contributed by atoms with E-state index in [-0.39, 0.29) is 5.56 Å². The van der Waals surface area contributed by atoms with E-state index in [4.69, 9.17) is 0 Å². The number of nitrogens with one attached hydrogen (secondary N) is 2. The number of rotatable bonds is 2. The van der Waals surface area contributed by atoms with Crippen molar-refractivity contribution in [2.45, 2.75) is 18.8 Å². The lowest BCUT2D eigenvalue weighted by Gasteiger charge is -2.00. The maximum atomic E-state index is 11.1. The van der Waals surface area contributed by atoms with Crippen molar-refractivity contribution in [1.29, 1.82) is 0 Å². The molecule has 1 aliphatic carbocycles. The van der Waals surface area contributed by atoms with Gasteiger partial charge in [-0.1, -0.05) is 0 Å². The van der Waals surface area contributed by atoms with Crippen LogP contribution in [-0.2, 0) is 0 Å². The van der Waals surface area contributed by atoms with Gasteiger partial charge in [-0.15, -0.1) is 0 Å². The van der Waals surface area contributed by atoms with Crippen molar-refractivity contribution < 1.29 is 0 Å². The summed E-state index contributed by atoms with van der Waals surface area (Å²) >= 11 is 0. The molecule has 0 amide bonds. The molecule has 2 rings (SSSR count). The molecule has 0 atom stereocenters. The highest BCUT2D eigenvalue weighted by atomic mass is 16.1. The van der Waals surface area contributed by atoms with Gasteiger partial charge in [0.25, 0.3) is 5.56 Å². The second-order valence-electron chi connectivity index (χ2n) is 3.04. The molecule has 64 valence electrons. The SMILES string of the molecule is CNc1cc(=O)[nH]c(C2CC2)n1. The van der Waals surface area contributed by atoms with Gasteiger partial charge in [-0.25, -0.2) is 4.98 Å². The molecule has 4 nitrogen and oxygen atoms in total. The van der Waals surface area contributed by atoms with Crippen LogP contribution in [0.15, 0.2) is 10.9 Å². The lowest BCUT2D eigenvalue weighted by molar-refractivity contribution is 0.910. The fraction of sp³-hybridized carbons (Fsp3) is 0.500. The summed E-state index contributed by atoms with van der Waals surface area (Å²) in [7, 11) is 1.76. The van der Waals surface area contributed by atoms with E-state index in [9.17, 15) is 4.79 Å². The Bertz CT molecular complexity index is 340. The minimum absolute atomic E-state index is 0.0729. The van der Waals surface area contributed by atoms with E-state index >= 15 is 0 Å². The van der Waals surface area contributed by atoms with E-state index in [2.05, 4.69) is 15.3 Å². The third kappa shape index (κ3) is 1.32. The molecule has 1 aliphatic rings. The second kappa shape index (κ2) is 2.62. The van der Waals surface area contributed by atoms with Crippen LogP contribution in [0.3, 0.4) is 0 Å². The van der Waals surface area contributed by atoms with Crippen molar-refractivity contribution in [3.63, 3.8) is 0 Å². The Kier molecular flexibility index (Phi) is 1.60. The first kappa shape index (κ1) is 7.34. The van der Waals surface area contributed by atoms with Crippen molar-refractivity contribution in [3.05, 3.63) is 22.2 Å². The summed E-state index contributed by atoms with van der Waals surface area (Å²) in [6, 6.07) is 1.46. The lowest BCUT2D eigenvalue weighted by Crippen LogP contribution is -2.11. The number of anilines is 1. The summed E-state index contributed by atoms with van der Waals surface area (Å²) in [6.45, 7) is 0. The fourth-order valence-corrected chi connectivity index (χ4v) is 1.15. The average Bonchev–Trinajstić information content (AvgIpc) is 2.85. The largest absolute Gasteiger partial charge is 0.373 e. The molecule has 0 aromatic carbocycles. The summed E-state index contributed by atoms with van der Waals surface area (Å²) in [4.78, 5) is 18.1. The van der Waals surface area contributed by atoms with E-state index in [1.807, 2.05) is 0 Å². The van der Waals surface area contributed by atoms with Crippen LogP contribution in [0.1, 0.15) is 24.6 Å². The van der Waals surface area contributed by atoms with Gasteiger partial charge in [0.1, 0.15) is 11.6 Å². The Morgan fingerprint density at radius 3 is 3.00 bits per heavy atom. The van der Waals surface area contributed by atoms with Crippen molar-refractivity contribution in [2.75, 3.05) is 12.4 Å². The van der Waals surface area contributed by atoms with Gasteiger partial charge in [0.15, 0.2) is 0 Å². The van der Waals surface area contributed by atoms with E-state index in [1.165, 1.54) is 6.07 Å². The minimum Gasteiger partial charge on any atom is -0.373 e. The number of aromatic amines is 1. The van der Waals surface area contributed by atoms with E-state index in [0.717, 1.165) is 18.7 Å². The first-order valence-electron chi connectivity index (χ1n) is 4.08. The smallest absolute Gasteiger partial charge is 0.252 e. The Balaban J connectivity index is 2.41. The highest BCUT2D eigenvalue weighted by Crippen LogP contribution is 2.37. The molecule has 0 unspecified atom stereocenters. The van der Waals surface area contributed by atoms with Gasteiger partial charge >= 0.3 is 0 Å². The maximum absolute atomic E-state index is 11.1. The summed E-state index contributed by atoms with van der Waals surface area (Å²) in [5.41, 5.74) is -0.0729. The number of hydrogen-bond donors (Lipinski definition) is 2. The molecule has 1 aromatic heterocycles. The van der Waals surface area contributed by atoms with Crippen LogP contribution in [0, 0.1) is 0 Å². The number of H-pyrrole nitrogens is 1. The molecular weight excluding hydrogens is 154 g/mol. The molecule has 1 fully saturated rings. The Labute approximate surface area is 70.0 Å². The van der Waals surface area contributed by atoms with Gasteiger partial charge in [-0.05, 0) is 12.8 Å². The van der Waals surface area contributed by atoms with E-state index in [0.29, 0.717) is 11.7 Å². The van der Waals surface area contributed by atoms with Gasteiger partial charge in [-0.3, -0.25) is 4.79 Å². The van der Waals surface area contributed by atoms with Gasteiger partial charge in [0, 0.05) is 19.0 Å². The molecule has 1 heterocycles. The topological polar surface area (TPSA) is 57.8 Å². The monoisotopic (exact) mass is 165 g/mol. The first-order chi connectivity index (χ1) is 5.79. The normalized spacial score (nSPS) is 16.1. The summed E-state index contributed by atoms with van der Waals surface area (Å²) in [5, 5.41) is 2.86. The van der Waals surface area contributed by atoms with Crippen LogP contribution in [0.4, 0.5) is 5.82 Å². The van der Waals surface area contributed by atoms with Crippen molar-refractivity contribution in [2.24, 2.45) is 0 Å². The van der Waals surface area contributed by atoms with Crippen molar-refractivity contribution in [3.8, 4) is 0 Å². The molecule has 0 aliphatic heterocycles. The summed E-state index contributed by atoms with van der Waals surface area (Å²) in [6.07, 6.45) is 2.30. The van der Waals surface area contributed by atoms with E-state index in [1.54, 1.807) is 7.05 Å². The zero-order valence-electron chi connectivity index (χ0n) is 6.92. The quantitative estimate of drug-likeness (QED) is 0.677. The van der Waals surface area contributed by atoms with Crippen LogP contribution < -0.4 is 10.9 Å². The van der Waals surface area contributed by atoms with Crippen molar-refractivity contribution >= 4 is 5.82 Å². The summed E-state index contributed by atoms with van der Waals surface area (Å²) in [5.74, 6) is 1.97. The predicted molar refractivity (Wildman–Crippen MR) is 46.4 cm³/mol. The second-order valence-corrected chi connectivity index (χ2v) is 3.04. The summed E-state index contributed by atoms with van der Waals surface area (Å²) < 4.78 is 0. The highest BCUT2D eigenvalue weighted by Gasteiger charge is 2.26. The predicted octanol–water partition coefficient (Wildman–Crippen LogP) is 0.689. The molecule has 0 saturated heterocycles. The van der Waals surface area contributed by atoms with Crippen molar-refractivity contribution in [1.82, 2.24) is 9.97 Å². The third-order valence-corrected chi connectivity index (χ3v) is 1.98. The van der Waals surface area contributed by atoms with Crippen LogP contribution in [0.25, 0.3) is 0 Å². The molecule has 1 saturated carbocycles. The molecule has 0 spiro atoms. The number of nitrogens with zero attached hydrogens (tertiary/aromatic N) is 1. The zero-order valence-corrected chi connectivity index (χ0v) is 6.92. The van der Waals surface area contributed by atoms with Gasteiger partial charge in [-0.2, -0.15) is 0 Å². The maximum Gasteiger partial charge on any atom is 0.252 e. The number of hydrogen-bond acceptors (Lipinski definition) is 3. The Morgan fingerprint density at radius 2 is 2.42 bits per heavy atom. The fourth-order valence-electron chi connectivity index (χ4n) is 1.15. The lowest BCUT2D eigenvalue weighted by atomic mass is 10.4. The molecular formula is C8H11N3O. The number of aromatic nitrogens is 2. The highest BCUT2D eigenvalue weighted by molar-refractivity contribution is 5.32. The Hall–Kier alpha value is -1.32. The molecule has 4 heteroatoms. The van der Waals surface area contributed by atoms with Gasteiger partial charge in [0.05, 0.1) is 0 Å².